The number of sulfonamides is 1. The van der Waals surface area contributed by atoms with Crippen molar-refractivity contribution >= 4 is 21.6 Å². The predicted molar refractivity (Wildman–Crippen MR) is 122 cm³/mol. The molecule has 0 unspecified atom stereocenters. The molecular weight excluding hydrogens is 412 g/mol. The molecule has 0 radical (unpaired) electrons. The maximum atomic E-state index is 13.0. The summed E-state index contributed by atoms with van der Waals surface area (Å²) in [5, 5.41) is 0. The van der Waals surface area contributed by atoms with E-state index in [4.69, 9.17) is 0 Å². The number of anilines is 1. The highest BCUT2D eigenvalue weighted by molar-refractivity contribution is 7.89. The number of carbonyl (C=O) groups excluding carboxylic acids is 1. The molecule has 0 aliphatic carbocycles. The zero-order valence-electron chi connectivity index (χ0n) is 18.2. The van der Waals surface area contributed by atoms with Gasteiger partial charge in [-0.15, -0.1) is 0 Å². The highest BCUT2D eigenvalue weighted by Crippen LogP contribution is 2.24. The Kier molecular flexibility index (Phi) is 6.31. The average molecular weight is 443 g/mol. The van der Waals surface area contributed by atoms with E-state index in [1.165, 1.54) is 9.99 Å². The Balaban J connectivity index is 1.35. The number of benzene rings is 2. The topological polar surface area (TPSA) is 64.2 Å². The lowest BCUT2D eigenvalue weighted by Gasteiger charge is -2.34. The molecule has 166 valence electrons. The summed E-state index contributed by atoms with van der Waals surface area (Å²) in [5.74, 6) is 0.0972. The maximum absolute atomic E-state index is 13.0. The Morgan fingerprint density at radius 3 is 2.29 bits per heavy atom. The molecule has 0 atom stereocenters. The molecule has 0 bridgehead atoms. The van der Waals surface area contributed by atoms with Crippen LogP contribution in [0, 0.1) is 6.92 Å². The maximum Gasteiger partial charge on any atom is 0.243 e. The molecule has 2 aromatic carbocycles. The molecule has 0 N–H and O–H groups in total. The smallest absolute Gasteiger partial charge is 0.243 e. The van der Waals surface area contributed by atoms with Crippen LogP contribution < -0.4 is 4.90 Å². The molecule has 8 heteroatoms. The fourth-order valence-electron chi connectivity index (χ4n) is 4.18. The van der Waals surface area contributed by atoms with E-state index in [-0.39, 0.29) is 5.91 Å². The van der Waals surface area contributed by atoms with Crippen molar-refractivity contribution in [3.63, 3.8) is 0 Å². The molecule has 1 fully saturated rings. The van der Waals surface area contributed by atoms with E-state index in [0.717, 1.165) is 17.7 Å². The highest BCUT2D eigenvalue weighted by Gasteiger charge is 2.30. The lowest BCUT2D eigenvalue weighted by Crippen LogP contribution is -2.51. The predicted octanol–water partition coefficient (Wildman–Crippen LogP) is 1.78. The van der Waals surface area contributed by atoms with Crippen LogP contribution in [0.1, 0.15) is 11.1 Å². The summed E-state index contributed by atoms with van der Waals surface area (Å²) in [6, 6.07) is 15.2. The zero-order chi connectivity index (χ0) is 22.0. The van der Waals surface area contributed by atoms with Gasteiger partial charge in [-0.2, -0.15) is 4.31 Å². The molecule has 1 saturated heterocycles. The number of amides is 1. The van der Waals surface area contributed by atoms with Crippen LogP contribution in [0.15, 0.2) is 53.4 Å². The Morgan fingerprint density at radius 2 is 1.58 bits per heavy atom. The number of para-hydroxylation sites is 1. The second-order valence-electron chi connectivity index (χ2n) is 8.36. The van der Waals surface area contributed by atoms with Crippen molar-refractivity contribution in [3.8, 4) is 0 Å². The first-order chi connectivity index (χ1) is 14.8. The van der Waals surface area contributed by atoms with Crippen molar-refractivity contribution in [1.29, 1.82) is 0 Å². The summed E-state index contributed by atoms with van der Waals surface area (Å²) < 4.78 is 27.3. The van der Waals surface area contributed by atoms with E-state index >= 15 is 0 Å². The van der Waals surface area contributed by atoms with E-state index < -0.39 is 10.0 Å². The quantitative estimate of drug-likeness (QED) is 0.722. The zero-order valence-corrected chi connectivity index (χ0v) is 19.0. The Morgan fingerprint density at radius 1 is 0.903 bits per heavy atom. The van der Waals surface area contributed by atoms with Crippen LogP contribution in [-0.2, 0) is 21.4 Å². The van der Waals surface area contributed by atoms with Crippen LogP contribution >= 0.6 is 0 Å². The molecule has 2 aromatic rings. The van der Waals surface area contributed by atoms with E-state index in [9.17, 15) is 13.2 Å². The van der Waals surface area contributed by atoms with Crippen molar-refractivity contribution < 1.29 is 13.2 Å². The minimum Gasteiger partial charge on any atom is -0.373 e. The summed E-state index contributed by atoms with van der Waals surface area (Å²) in [5.41, 5.74) is 3.36. The van der Waals surface area contributed by atoms with Crippen molar-refractivity contribution in [2.75, 3.05) is 57.8 Å². The highest BCUT2D eigenvalue weighted by atomic mass is 32.2. The second-order valence-corrected chi connectivity index (χ2v) is 10.3. The first-order valence-corrected chi connectivity index (χ1v) is 12.1. The van der Waals surface area contributed by atoms with Crippen molar-refractivity contribution in [1.82, 2.24) is 14.1 Å². The fourth-order valence-corrected chi connectivity index (χ4v) is 5.61. The summed E-state index contributed by atoms with van der Waals surface area (Å²) in [6.45, 7) is 6.27. The molecule has 2 aliphatic rings. The van der Waals surface area contributed by atoms with Crippen molar-refractivity contribution in [3.05, 3.63) is 59.7 Å². The van der Waals surface area contributed by atoms with Gasteiger partial charge in [-0.05, 0) is 30.7 Å². The van der Waals surface area contributed by atoms with Gasteiger partial charge >= 0.3 is 0 Å². The van der Waals surface area contributed by atoms with Crippen LogP contribution in [0.25, 0.3) is 0 Å². The van der Waals surface area contributed by atoms with E-state index in [1.807, 2.05) is 36.1 Å². The third-order valence-corrected chi connectivity index (χ3v) is 8.08. The molecule has 0 spiro atoms. The average Bonchev–Trinajstić information content (AvgIpc) is 2.94. The van der Waals surface area contributed by atoms with E-state index in [0.29, 0.717) is 50.7 Å². The number of fused-ring (bicyclic) bond motifs is 1. The third-order valence-electron chi connectivity index (χ3n) is 6.17. The van der Waals surface area contributed by atoms with Crippen molar-refractivity contribution in [2.45, 2.75) is 18.4 Å². The van der Waals surface area contributed by atoms with Crippen LogP contribution in [-0.4, -0.2) is 81.3 Å². The van der Waals surface area contributed by atoms with Gasteiger partial charge in [-0.3, -0.25) is 9.69 Å². The minimum atomic E-state index is -3.49. The molecule has 1 amide bonds. The minimum absolute atomic E-state index is 0.0972. The first-order valence-electron chi connectivity index (χ1n) is 10.7. The van der Waals surface area contributed by atoms with Gasteiger partial charge in [0, 0.05) is 58.5 Å². The molecule has 2 heterocycles. The number of aryl methyl sites for hydroxylation is 1. The van der Waals surface area contributed by atoms with Crippen LogP contribution in [0.5, 0.6) is 0 Å². The van der Waals surface area contributed by atoms with Crippen LogP contribution in [0.3, 0.4) is 0 Å². The van der Waals surface area contributed by atoms with Gasteiger partial charge in [0.25, 0.3) is 0 Å². The fraction of sp³-hybridized carbons (Fsp3) is 0.435. The number of piperazine rings is 1. The van der Waals surface area contributed by atoms with Crippen LogP contribution in [0.2, 0.25) is 0 Å². The monoisotopic (exact) mass is 442 g/mol. The Labute approximate surface area is 184 Å². The standard InChI is InChI=1S/C23H30N4O3S/c1-19-7-9-21(10-8-19)31(29,30)27-15-12-25(13-16-27)18-23(28)26-14-11-24(2)22-6-4-3-5-20(22)17-26/h3-10H,11-18H2,1-2H3. The molecule has 2 aliphatic heterocycles. The van der Waals surface area contributed by atoms with E-state index in [1.54, 1.807) is 12.1 Å². The van der Waals surface area contributed by atoms with Crippen molar-refractivity contribution in [2.24, 2.45) is 0 Å². The third kappa shape index (κ3) is 4.76. The summed E-state index contributed by atoms with van der Waals surface area (Å²) in [7, 11) is -1.43. The summed E-state index contributed by atoms with van der Waals surface area (Å²) >= 11 is 0. The largest absolute Gasteiger partial charge is 0.373 e. The molecule has 4 rings (SSSR count). The molecule has 0 saturated carbocycles. The van der Waals surface area contributed by atoms with Gasteiger partial charge < -0.3 is 9.80 Å². The van der Waals surface area contributed by atoms with Gasteiger partial charge in [0.15, 0.2) is 0 Å². The number of rotatable bonds is 4. The molecular formula is C23H30N4O3S. The van der Waals surface area contributed by atoms with Gasteiger partial charge in [-0.25, -0.2) is 8.42 Å². The van der Waals surface area contributed by atoms with Gasteiger partial charge in [0.2, 0.25) is 15.9 Å². The molecule has 31 heavy (non-hydrogen) atoms. The van der Waals surface area contributed by atoms with Gasteiger partial charge in [-0.1, -0.05) is 35.9 Å². The number of nitrogens with zero attached hydrogens (tertiary/aromatic N) is 4. The van der Waals surface area contributed by atoms with Crippen LogP contribution in [0.4, 0.5) is 5.69 Å². The summed E-state index contributed by atoms with van der Waals surface area (Å²) in [6.07, 6.45) is 0. The lowest BCUT2D eigenvalue weighted by atomic mass is 10.1. The Bertz CT molecular complexity index is 1030. The Hall–Kier alpha value is -2.42. The number of hydrogen-bond donors (Lipinski definition) is 0. The van der Waals surface area contributed by atoms with Gasteiger partial charge in [0.05, 0.1) is 11.4 Å². The SMILES string of the molecule is Cc1ccc(S(=O)(=O)N2CCN(CC(=O)N3CCN(C)c4ccccc4C3)CC2)cc1. The van der Waals surface area contributed by atoms with Gasteiger partial charge in [0.1, 0.15) is 0 Å². The van der Waals surface area contributed by atoms with E-state index in [2.05, 4.69) is 29.0 Å². The number of hydrogen-bond acceptors (Lipinski definition) is 5. The molecule has 7 nitrogen and oxygen atoms in total. The summed E-state index contributed by atoms with van der Waals surface area (Å²) in [4.78, 5) is 19.5. The normalized spacial score (nSPS) is 18.5. The molecule has 0 aromatic heterocycles. The number of carbonyl (C=O) groups is 1. The second kappa shape index (κ2) is 8.98. The lowest BCUT2D eigenvalue weighted by molar-refractivity contribution is -0.133. The number of likely N-dealkylation sites (N-methyl/N-ethyl adjacent to an activating group) is 1. The first kappa shape index (κ1) is 21.8.